The van der Waals surface area contributed by atoms with E-state index < -0.39 is 0 Å². The summed E-state index contributed by atoms with van der Waals surface area (Å²) in [5.74, 6) is 0. The molecule has 82 valence electrons. The second kappa shape index (κ2) is 3.22. The molecule has 0 amide bonds. The first kappa shape index (κ1) is 9.45. The Hall–Kier alpha value is -1.58. The van der Waals surface area contributed by atoms with Crippen molar-refractivity contribution in [1.29, 1.82) is 0 Å². The molecular formula is C13H7ClN2S. The Labute approximate surface area is 106 Å². The van der Waals surface area contributed by atoms with Gasteiger partial charge in [0.1, 0.15) is 5.52 Å². The second-order valence-electron chi connectivity index (χ2n) is 3.91. The molecule has 4 aromatic rings. The Balaban J connectivity index is 2.36. The minimum atomic E-state index is 0.711. The summed E-state index contributed by atoms with van der Waals surface area (Å²) >= 11 is 7.85. The average Bonchev–Trinajstić information content (AvgIpc) is 2.85. The summed E-state index contributed by atoms with van der Waals surface area (Å²) in [4.78, 5) is 5.60. The van der Waals surface area contributed by atoms with E-state index in [1.807, 2.05) is 24.3 Å². The zero-order valence-corrected chi connectivity index (χ0v) is 10.3. The number of rotatable bonds is 0. The van der Waals surface area contributed by atoms with Gasteiger partial charge in [0.15, 0.2) is 4.96 Å². The number of hydrogen-bond donors (Lipinski definition) is 0. The number of fused-ring (bicyclic) bond motifs is 5. The van der Waals surface area contributed by atoms with Crippen LogP contribution in [0.1, 0.15) is 0 Å². The molecule has 4 rings (SSSR count). The quantitative estimate of drug-likeness (QED) is 0.458. The van der Waals surface area contributed by atoms with Gasteiger partial charge in [-0.1, -0.05) is 41.1 Å². The molecule has 0 fully saturated rings. The van der Waals surface area contributed by atoms with Crippen LogP contribution in [0.4, 0.5) is 0 Å². The Morgan fingerprint density at radius 3 is 2.76 bits per heavy atom. The highest BCUT2D eigenvalue weighted by Gasteiger charge is 2.11. The van der Waals surface area contributed by atoms with Gasteiger partial charge in [-0.25, -0.2) is 4.98 Å². The van der Waals surface area contributed by atoms with Crippen molar-refractivity contribution in [3.8, 4) is 0 Å². The van der Waals surface area contributed by atoms with Crippen molar-refractivity contribution >= 4 is 49.1 Å². The van der Waals surface area contributed by atoms with Gasteiger partial charge in [-0.15, -0.1) is 0 Å². The van der Waals surface area contributed by atoms with Crippen LogP contribution in [-0.2, 0) is 0 Å². The topological polar surface area (TPSA) is 17.3 Å². The lowest BCUT2D eigenvalue weighted by molar-refractivity contribution is 1.35. The normalized spacial score (nSPS) is 11.8. The van der Waals surface area contributed by atoms with Gasteiger partial charge < -0.3 is 0 Å². The SMILES string of the molecule is Clc1cccc2c1nc1sc3ccccc3n12. The fourth-order valence-electron chi connectivity index (χ4n) is 2.17. The van der Waals surface area contributed by atoms with Gasteiger partial charge in [0.25, 0.3) is 0 Å². The third-order valence-electron chi connectivity index (χ3n) is 2.91. The van der Waals surface area contributed by atoms with Crippen LogP contribution in [0, 0.1) is 0 Å². The molecule has 0 radical (unpaired) electrons. The predicted molar refractivity (Wildman–Crippen MR) is 73.1 cm³/mol. The number of imidazole rings is 1. The Bertz CT molecular complexity index is 860. The molecule has 0 bridgehead atoms. The number of halogens is 1. The van der Waals surface area contributed by atoms with E-state index in [1.165, 1.54) is 10.2 Å². The molecule has 0 aliphatic rings. The third-order valence-corrected chi connectivity index (χ3v) is 4.24. The highest BCUT2D eigenvalue weighted by atomic mass is 35.5. The molecule has 0 unspecified atom stereocenters. The first-order valence-corrected chi connectivity index (χ1v) is 6.48. The van der Waals surface area contributed by atoms with Gasteiger partial charge in [-0.3, -0.25) is 4.40 Å². The van der Waals surface area contributed by atoms with Crippen molar-refractivity contribution in [3.63, 3.8) is 0 Å². The van der Waals surface area contributed by atoms with E-state index in [4.69, 9.17) is 11.6 Å². The fraction of sp³-hybridized carbons (Fsp3) is 0. The van der Waals surface area contributed by atoms with Gasteiger partial charge in [-0.2, -0.15) is 0 Å². The Kier molecular flexibility index (Phi) is 1.79. The first-order valence-electron chi connectivity index (χ1n) is 5.29. The summed E-state index contributed by atoms with van der Waals surface area (Å²) in [6.45, 7) is 0. The molecule has 4 heteroatoms. The van der Waals surface area contributed by atoms with E-state index in [0.717, 1.165) is 16.0 Å². The number of para-hydroxylation sites is 2. The van der Waals surface area contributed by atoms with Crippen molar-refractivity contribution in [3.05, 3.63) is 47.5 Å². The number of thiazole rings is 1. The van der Waals surface area contributed by atoms with E-state index in [1.54, 1.807) is 11.3 Å². The lowest BCUT2D eigenvalue weighted by Crippen LogP contribution is -1.79. The van der Waals surface area contributed by atoms with Gasteiger partial charge in [0.2, 0.25) is 0 Å². The summed E-state index contributed by atoms with van der Waals surface area (Å²) in [7, 11) is 0. The van der Waals surface area contributed by atoms with E-state index in [0.29, 0.717) is 5.02 Å². The summed E-state index contributed by atoms with van der Waals surface area (Å²) in [6.07, 6.45) is 0. The molecule has 0 saturated carbocycles. The lowest BCUT2D eigenvalue weighted by Gasteiger charge is -1.94. The van der Waals surface area contributed by atoms with Crippen LogP contribution >= 0.6 is 22.9 Å². The molecule has 0 saturated heterocycles. The largest absolute Gasteiger partial charge is 0.283 e. The molecule has 0 aliphatic heterocycles. The molecule has 0 spiro atoms. The van der Waals surface area contributed by atoms with Crippen LogP contribution in [0.2, 0.25) is 5.02 Å². The average molecular weight is 259 g/mol. The van der Waals surface area contributed by atoms with Crippen molar-refractivity contribution in [1.82, 2.24) is 9.38 Å². The molecule has 2 aromatic heterocycles. The van der Waals surface area contributed by atoms with Crippen LogP contribution in [0.25, 0.3) is 26.2 Å². The number of benzene rings is 2. The van der Waals surface area contributed by atoms with Crippen molar-refractivity contribution in [2.45, 2.75) is 0 Å². The third kappa shape index (κ3) is 1.18. The van der Waals surface area contributed by atoms with E-state index in [9.17, 15) is 0 Å². The monoisotopic (exact) mass is 258 g/mol. The number of aromatic nitrogens is 2. The van der Waals surface area contributed by atoms with E-state index in [2.05, 4.69) is 27.6 Å². The zero-order chi connectivity index (χ0) is 11.4. The Morgan fingerprint density at radius 2 is 1.82 bits per heavy atom. The zero-order valence-electron chi connectivity index (χ0n) is 8.72. The maximum Gasteiger partial charge on any atom is 0.195 e. The van der Waals surface area contributed by atoms with Crippen LogP contribution in [0.15, 0.2) is 42.5 Å². The summed E-state index contributed by atoms with van der Waals surface area (Å²) < 4.78 is 3.41. The van der Waals surface area contributed by atoms with Crippen LogP contribution in [-0.4, -0.2) is 9.38 Å². The first-order chi connectivity index (χ1) is 8.34. The predicted octanol–water partition coefficient (Wildman–Crippen LogP) is 4.36. The van der Waals surface area contributed by atoms with Crippen molar-refractivity contribution < 1.29 is 0 Å². The smallest absolute Gasteiger partial charge is 0.195 e. The van der Waals surface area contributed by atoms with E-state index >= 15 is 0 Å². The molecule has 2 heterocycles. The van der Waals surface area contributed by atoms with Gasteiger partial charge in [0.05, 0.1) is 20.8 Å². The van der Waals surface area contributed by atoms with Crippen LogP contribution in [0.5, 0.6) is 0 Å². The molecule has 17 heavy (non-hydrogen) atoms. The van der Waals surface area contributed by atoms with Gasteiger partial charge >= 0.3 is 0 Å². The summed E-state index contributed by atoms with van der Waals surface area (Å²) in [5.41, 5.74) is 3.15. The highest BCUT2D eigenvalue weighted by molar-refractivity contribution is 7.23. The fourth-order valence-corrected chi connectivity index (χ4v) is 3.42. The number of nitrogens with zero attached hydrogens (tertiary/aromatic N) is 2. The minimum Gasteiger partial charge on any atom is -0.283 e. The van der Waals surface area contributed by atoms with Crippen molar-refractivity contribution in [2.24, 2.45) is 0 Å². The number of hydrogen-bond acceptors (Lipinski definition) is 2. The molecule has 2 nitrogen and oxygen atoms in total. The Morgan fingerprint density at radius 1 is 1.00 bits per heavy atom. The molecule has 2 aromatic carbocycles. The standard InChI is InChI=1S/C13H7ClN2S/c14-8-4-3-6-10-12(8)15-13-16(10)9-5-1-2-7-11(9)17-13/h1-7H. The molecule has 0 N–H and O–H groups in total. The maximum absolute atomic E-state index is 6.17. The lowest BCUT2D eigenvalue weighted by atomic mass is 10.3. The van der Waals surface area contributed by atoms with Crippen LogP contribution in [0.3, 0.4) is 0 Å². The summed E-state index contributed by atoms with van der Waals surface area (Å²) in [6, 6.07) is 14.2. The molecular weight excluding hydrogens is 252 g/mol. The molecule has 0 aliphatic carbocycles. The summed E-state index contributed by atoms with van der Waals surface area (Å²) in [5, 5.41) is 0.711. The van der Waals surface area contributed by atoms with Crippen LogP contribution < -0.4 is 0 Å². The molecule has 0 atom stereocenters. The van der Waals surface area contributed by atoms with Gasteiger partial charge in [0, 0.05) is 0 Å². The van der Waals surface area contributed by atoms with Gasteiger partial charge in [-0.05, 0) is 24.3 Å². The highest BCUT2D eigenvalue weighted by Crippen LogP contribution is 2.32. The van der Waals surface area contributed by atoms with E-state index in [-0.39, 0.29) is 0 Å². The van der Waals surface area contributed by atoms with Crippen molar-refractivity contribution in [2.75, 3.05) is 0 Å². The maximum atomic E-state index is 6.17. The second-order valence-corrected chi connectivity index (χ2v) is 5.32. The minimum absolute atomic E-state index is 0.711.